The zero-order valence-electron chi connectivity index (χ0n) is 10.3. The highest BCUT2D eigenvalue weighted by molar-refractivity contribution is 4.96. The number of rotatable bonds is 4. The van der Waals surface area contributed by atoms with Crippen molar-refractivity contribution >= 4 is 0 Å². The van der Waals surface area contributed by atoms with E-state index in [1.165, 1.54) is 45.2 Å². The van der Waals surface area contributed by atoms with Gasteiger partial charge in [0, 0.05) is 6.04 Å². The van der Waals surface area contributed by atoms with Crippen LogP contribution in [0, 0.1) is 17.3 Å². The zero-order chi connectivity index (χ0) is 10.9. The number of nitrogens with one attached hydrogen (secondary N) is 1. The average Bonchev–Trinajstić information content (AvgIpc) is 2.74. The van der Waals surface area contributed by atoms with Gasteiger partial charge in [-0.15, -0.1) is 0 Å². The molecule has 88 valence electrons. The second kappa shape index (κ2) is 4.42. The number of hydrogen-bond acceptors (Lipinski definition) is 2. The van der Waals surface area contributed by atoms with Crippen LogP contribution in [0.15, 0.2) is 0 Å². The van der Waals surface area contributed by atoms with E-state index in [2.05, 4.69) is 19.2 Å². The Hall–Kier alpha value is -0.0800. The van der Waals surface area contributed by atoms with Gasteiger partial charge in [-0.05, 0) is 56.0 Å². The molecule has 2 rings (SSSR count). The predicted octanol–water partition coefficient (Wildman–Crippen LogP) is 2.14. The molecule has 0 spiro atoms. The third-order valence-corrected chi connectivity index (χ3v) is 4.36. The van der Waals surface area contributed by atoms with Crippen molar-refractivity contribution in [2.24, 2.45) is 23.0 Å². The smallest absolute Gasteiger partial charge is 0.00419 e. The van der Waals surface area contributed by atoms with Crippen LogP contribution in [0.25, 0.3) is 0 Å². The summed E-state index contributed by atoms with van der Waals surface area (Å²) < 4.78 is 0. The van der Waals surface area contributed by atoms with E-state index in [0.29, 0.717) is 11.5 Å². The summed E-state index contributed by atoms with van der Waals surface area (Å²) in [5, 5.41) is 3.64. The number of hydrogen-bond donors (Lipinski definition) is 2. The molecule has 2 aliphatic rings. The van der Waals surface area contributed by atoms with Gasteiger partial charge < -0.3 is 11.1 Å². The van der Waals surface area contributed by atoms with Gasteiger partial charge in [0.15, 0.2) is 0 Å². The molecular formula is C13H26N2. The van der Waals surface area contributed by atoms with Gasteiger partial charge in [0.1, 0.15) is 0 Å². The molecule has 2 aliphatic carbocycles. The lowest BCUT2D eigenvalue weighted by molar-refractivity contribution is 0.308. The first kappa shape index (κ1) is 11.4. The molecule has 15 heavy (non-hydrogen) atoms. The van der Waals surface area contributed by atoms with E-state index in [9.17, 15) is 0 Å². The maximum Gasteiger partial charge on any atom is 0.00419 e. The van der Waals surface area contributed by atoms with Crippen LogP contribution in [0.3, 0.4) is 0 Å². The molecule has 2 saturated carbocycles. The van der Waals surface area contributed by atoms with Gasteiger partial charge >= 0.3 is 0 Å². The van der Waals surface area contributed by atoms with E-state index in [4.69, 9.17) is 5.73 Å². The Bertz CT molecular complexity index is 213. The van der Waals surface area contributed by atoms with Gasteiger partial charge in [-0.25, -0.2) is 0 Å². The molecule has 0 heterocycles. The molecule has 0 radical (unpaired) electrons. The average molecular weight is 210 g/mol. The largest absolute Gasteiger partial charge is 0.328 e. The lowest BCUT2D eigenvalue weighted by atomic mass is 9.86. The third kappa shape index (κ3) is 3.18. The molecule has 3 N–H and O–H groups in total. The summed E-state index contributed by atoms with van der Waals surface area (Å²) >= 11 is 0. The molecule has 3 atom stereocenters. The first-order valence-electron chi connectivity index (χ1n) is 6.54. The topological polar surface area (TPSA) is 38.0 Å². The van der Waals surface area contributed by atoms with Crippen LogP contribution in [0.1, 0.15) is 46.0 Å². The normalized spacial score (nSPS) is 39.0. The van der Waals surface area contributed by atoms with Crippen molar-refractivity contribution in [3.05, 3.63) is 0 Å². The van der Waals surface area contributed by atoms with Crippen LogP contribution < -0.4 is 11.1 Å². The highest BCUT2D eigenvalue weighted by atomic mass is 14.9. The first-order chi connectivity index (χ1) is 7.08. The fourth-order valence-electron chi connectivity index (χ4n) is 2.90. The van der Waals surface area contributed by atoms with Crippen molar-refractivity contribution < 1.29 is 0 Å². The van der Waals surface area contributed by atoms with E-state index in [1.54, 1.807) is 0 Å². The minimum absolute atomic E-state index is 0.475. The Labute approximate surface area is 94.0 Å². The molecule has 2 nitrogen and oxygen atoms in total. The van der Waals surface area contributed by atoms with Crippen LogP contribution in [-0.2, 0) is 0 Å². The summed E-state index contributed by atoms with van der Waals surface area (Å²) in [7, 11) is 0. The maximum atomic E-state index is 5.98. The highest BCUT2D eigenvalue weighted by Crippen LogP contribution is 2.50. The predicted molar refractivity (Wildman–Crippen MR) is 64.7 cm³/mol. The number of nitrogens with two attached hydrogens (primary N) is 1. The Kier molecular flexibility index (Phi) is 3.36. The van der Waals surface area contributed by atoms with Crippen LogP contribution in [0.4, 0.5) is 0 Å². The quantitative estimate of drug-likeness (QED) is 0.746. The monoisotopic (exact) mass is 210 g/mol. The van der Waals surface area contributed by atoms with E-state index in [0.717, 1.165) is 11.8 Å². The summed E-state index contributed by atoms with van der Waals surface area (Å²) in [5.41, 5.74) is 6.61. The van der Waals surface area contributed by atoms with Gasteiger partial charge in [-0.1, -0.05) is 20.3 Å². The fourth-order valence-corrected chi connectivity index (χ4v) is 2.90. The lowest BCUT2D eigenvalue weighted by Gasteiger charge is -2.26. The molecule has 2 heteroatoms. The Balaban J connectivity index is 1.58. The zero-order valence-corrected chi connectivity index (χ0v) is 10.3. The van der Waals surface area contributed by atoms with Crippen LogP contribution in [0.2, 0.25) is 0 Å². The van der Waals surface area contributed by atoms with Gasteiger partial charge in [0.2, 0.25) is 0 Å². The summed E-state index contributed by atoms with van der Waals surface area (Å²) in [5.74, 6) is 1.77. The molecule has 0 aromatic rings. The molecular weight excluding hydrogens is 184 g/mol. The van der Waals surface area contributed by atoms with Crippen LogP contribution >= 0.6 is 0 Å². The van der Waals surface area contributed by atoms with Crippen molar-refractivity contribution in [3.8, 4) is 0 Å². The van der Waals surface area contributed by atoms with Gasteiger partial charge in [-0.2, -0.15) is 0 Å². The van der Waals surface area contributed by atoms with E-state index in [-0.39, 0.29) is 0 Å². The standard InChI is InChI=1S/C13H26N2/c1-13(2)7-11(13)9-15-8-10-4-3-5-12(14)6-10/h10-12,15H,3-9,14H2,1-2H3. The van der Waals surface area contributed by atoms with Crippen molar-refractivity contribution in [1.82, 2.24) is 5.32 Å². The Morgan fingerprint density at radius 1 is 1.27 bits per heavy atom. The molecule has 0 aliphatic heterocycles. The van der Waals surface area contributed by atoms with Gasteiger partial charge in [-0.3, -0.25) is 0 Å². The summed E-state index contributed by atoms with van der Waals surface area (Å²) in [6, 6.07) is 0.475. The highest BCUT2D eigenvalue weighted by Gasteiger charge is 2.44. The minimum Gasteiger partial charge on any atom is -0.328 e. The van der Waals surface area contributed by atoms with Crippen molar-refractivity contribution in [2.45, 2.75) is 52.0 Å². The van der Waals surface area contributed by atoms with Crippen LogP contribution in [0.5, 0.6) is 0 Å². The third-order valence-electron chi connectivity index (χ3n) is 4.36. The minimum atomic E-state index is 0.475. The molecule has 0 aromatic carbocycles. The molecule has 2 fully saturated rings. The summed E-state index contributed by atoms with van der Waals surface area (Å²) in [6.07, 6.45) is 6.61. The Morgan fingerprint density at radius 3 is 2.60 bits per heavy atom. The molecule has 0 aromatic heterocycles. The summed E-state index contributed by atoms with van der Waals surface area (Å²) in [4.78, 5) is 0. The van der Waals surface area contributed by atoms with Gasteiger partial charge in [0.25, 0.3) is 0 Å². The lowest BCUT2D eigenvalue weighted by Crippen LogP contribution is -2.34. The second-order valence-corrected chi connectivity index (χ2v) is 6.34. The van der Waals surface area contributed by atoms with Crippen molar-refractivity contribution in [3.63, 3.8) is 0 Å². The van der Waals surface area contributed by atoms with Crippen molar-refractivity contribution in [1.29, 1.82) is 0 Å². The van der Waals surface area contributed by atoms with Gasteiger partial charge in [0.05, 0.1) is 0 Å². The van der Waals surface area contributed by atoms with Crippen LogP contribution in [-0.4, -0.2) is 19.1 Å². The maximum absolute atomic E-state index is 5.98. The fraction of sp³-hybridized carbons (Fsp3) is 1.00. The SMILES string of the molecule is CC1(C)CC1CNCC1CCCC(N)C1. The van der Waals surface area contributed by atoms with E-state index in [1.807, 2.05) is 0 Å². The molecule has 3 unspecified atom stereocenters. The molecule has 0 saturated heterocycles. The van der Waals surface area contributed by atoms with E-state index >= 15 is 0 Å². The molecule has 0 amide bonds. The van der Waals surface area contributed by atoms with E-state index < -0.39 is 0 Å². The second-order valence-electron chi connectivity index (χ2n) is 6.34. The molecule has 0 bridgehead atoms. The first-order valence-corrected chi connectivity index (χ1v) is 6.54. The van der Waals surface area contributed by atoms with Crippen molar-refractivity contribution in [2.75, 3.05) is 13.1 Å². The Morgan fingerprint density at radius 2 is 2.00 bits per heavy atom. The summed E-state index contributed by atoms with van der Waals surface area (Å²) in [6.45, 7) is 7.16.